The molecule has 7 rings (SSSR count). The van der Waals surface area contributed by atoms with Crippen molar-refractivity contribution >= 4 is 23.2 Å². The number of amides is 2. The van der Waals surface area contributed by atoms with Gasteiger partial charge in [-0.05, 0) is 64.9 Å². The number of rotatable bonds is 11. The Bertz CT molecular complexity index is 2040. The van der Waals surface area contributed by atoms with Gasteiger partial charge in [-0.3, -0.25) is 24.6 Å². The highest BCUT2D eigenvalue weighted by molar-refractivity contribution is 5.90. The van der Waals surface area contributed by atoms with Gasteiger partial charge in [0.2, 0.25) is 5.91 Å². The summed E-state index contributed by atoms with van der Waals surface area (Å²) in [7, 11) is 0. The molecule has 0 radical (unpaired) electrons. The number of ether oxygens (including phenoxy) is 2. The number of nitro benzene ring substituents is 1. The predicted octanol–water partition coefficient (Wildman–Crippen LogP) is 6.29. The van der Waals surface area contributed by atoms with Crippen molar-refractivity contribution in [2.75, 3.05) is 44.2 Å². The number of non-ortho nitro benzene ring substituents is 1. The maximum Gasteiger partial charge on any atom is 0.471 e. The van der Waals surface area contributed by atoms with Crippen molar-refractivity contribution in [1.29, 1.82) is 0 Å². The van der Waals surface area contributed by atoms with Gasteiger partial charge in [0.25, 0.3) is 5.69 Å². The number of anilines is 1. The van der Waals surface area contributed by atoms with E-state index in [1.165, 1.54) is 12.1 Å². The summed E-state index contributed by atoms with van der Waals surface area (Å²) < 4.78 is 52.6. The molecule has 3 heterocycles. The number of alkyl halides is 3. The van der Waals surface area contributed by atoms with Crippen LogP contribution in [0.4, 0.5) is 24.5 Å². The predicted molar refractivity (Wildman–Crippen MR) is 205 cm³/mol. The van der Waals surface area contributed by atoms with Crippen LogP contribution in [-0.4, -0.2) is 89.2 Å². The Balaban J connectivity index is 1.03. The molecule has 4 aromatic carbocycles. The Morgan fingerprint density at radius 3 is 2.23 bits per heavy atom. The molecule has 57 heavy (non-hydrogen) atoms. The van der Waals surface area contributed by atoms with Crippen molar-refractivity contribution < 1.29 is 42.3 Å². The summed E-state index contributed by atoms with van der Waals surface area (Å²) in [5.74, 6) is -2.62. The SMILES string of the molecule is O=C(NCc1cccc(-c2cccc([C@H]3O[C@@H](CN4CCN(c5ccc([N+](=O)[O-])cc5)CC4)C[C@@H](c4ccc(CO)cc4)O3)c2)c1)[C@@H]1CCCN1C(=O)C(F)(F)F. The Hall–Kier alpha value is -5.35. The van der Waals surface area contributed by atoms with Gasteiger partial charge in [0.05, 0.1) is 23.7 Å². The average molecular weight is 788 g/mol. The number of nitro groups is 1. The Morgan fingerprint density at radius 1 is 0.842 bits per heavy atom. The third-order valence-corrected chi connectivity index (χ3v) is 10.8. The van der Waals surface area contributed by atoms with Crippen LogP contribution in [0, 0.1) is 10.1 Å². The molecule has 4 aromatic rings. The smallest absolute Gasteiger partial charge is 0.392 e. The van der Waals surface area contributed by atoms with Gasteiger partial charge in [0.1, 0.15) is 6.04 Å². The molecule has 0 aromatic heterocycles. The summed E-state index contributed by atoms with van der Waals surface area (Å²) in [6.07, 6.45) is -5.07. The molecule has 15 heteroatoms. The Kier molecular flexibility index (Phi) is 12.2. The van der Waals surface area contributed by atoms with Gasteiger partial charge in [0.15, 0.2) is 6.29 Å². The number of piperazine rings is 1. The summed E-state index contributed by atoms with van der Waals surface area (Å²) in [6, 6.07) is 28.5. The standard InChI is InChI=1S/C42H44F3N5O7/c43-42(44,45)41(53)49-17-3-8-37(49)39(52)46-25-29-4-1-5-31(22-29)32-6-2-7-33(23-32)40-56-36(24-38(57-40)30-11-9-28(27-51)10-12-30)26-47-18-20-48(21-19-47)34-13-15-35(16-14-34)50(54)55/h1-2,4-7,9-16,22-23,36-38,40,51H,3,8,17-21,24-27H2,(H,46,52)/t36-,37+,38+,40+/m1/s1. The molecule has 3 saturated heterocycles. The van der Waals surface area contributed by atoms with Gasteiger partial charge in [-0.1, -0.05) is 60.7 Å². The van der Waals surface area contributed by atoms with Crippen LogP contribution in [0.1, 0.15) is 53.9 Å². The van der Waals surface area contributed by atoms with Crippen molar-refractivity contribution in [3.8, 4) is 11.1 Å². The molecule has 0 spiro atoms. The van der Waals surface area contributed by atoms with Crippen LogP contribution in [0.3, 0.4) is 0 Å². The van der Waals surface area contributed by atoms with Gasteiger partial charge < -0.3 is 29.7 Å². The molecule has 12 nitrogen and oxygen atoms in total. The third-order valence-electron chi connectivity index (χ3n) is 10.8. The summed E-state index contributed by atoms with van der Waals surface area (Å²) in [6.45, 7) is 3.67. The first-order chi connectivity index (χ1) is 27.4. The summed E-state index contributed by atoms with van der Waals surface area (Å²) in [5, 5.41) is 23.4. The lowest BCUT2D eigenvalue weighted by molar-refractivity contribution is -0.384. The zero-order chi connectivity index (χ0) is 40.1. The fraction of sp³-hybridized carbons (Fsp3) is 0.381. The molecule has 2 N–H and O–H groups in total. The molecule has 0 aliphatic carbocycles. The first-order valence-electron chi connectivity index (χ1n) is 19.0. The number of carbonyl (C=O) groups excluding carboxylic acids is 2. The van der Waals surface area contributed by atoms with Crippen molar-refractivity contribution in [2.24, 2.45) is 0 Å². The minimum Gasteiger partial charge on any atom is -0.392 e. The van der Waals surface area contributed by atoms with E-state index in [2.05, 4.69) is 15.1 Å². The third kappa shape index (κ3) is 9.62. The number of nitrogens with one attached hydrogen (secondary N) is 1. The quantitative estimate of drug-likeness (QED) is 0.133. The molecule has 3 fully saturated rings. The molecule has 3 aliphatic rings. The highest BCUT2D eigenvalue weighted by Gasteiger charge is 2.47. The summed E-state index contributed by atoms with van der Waals surface area (Å²) >= 11 is 0. The minimum absolute atomic E-state index is 0.0610. The fourth-order valence-corrected chi connectivity index (χ4v) is 7.77. The van der Waals surface area contributed by atoms with Gasteiger partial charge in [-0.2, -0.15) is 13.2 Å². The van der Waals surface area contributed by atoms with Crippen LogP contribution >= 0.6 is 0 Å². The van der Waals surface area contributed by atoms with Gasteiger partial charge in [0, 0.05) is 75.6 Å². The van der Waals surface area contributed by atoms with Crippen molar-refractivity contribution in [3.63, 3.8) is 0 Å². The van der Waals surface area contributed by atoms with Gasteiger partial charge in [-0.15, -0.1) is 0 Å². The van der Waals surface area contributed by atoms with E-state index < -0.39 is 35.2 Å². The van der Waals surface area contributed by atoms with E-state index in [0.717, 1.165) is 65.2 Å². The van der Waals surface area contributed by atoms with E-state index in [1.54, 1.807) is 12.1 Å². The largest absolute Gasteiger partial charge is 0.471 e. The Labute approximate surface area is 327 Å². The van der Waals surface area contributed by atoms with E-state index in [-0.39, 0.29) is 44.0 Å². The molecule has 0 saturated carbocycles. The highest BCUT2D eigenvalue weighted by Crippen LogP contribution is 2.39. The first-order valence-corrected chi connectivity index (χ1v) is 19.0. The molecule has 2 amide bonds. The van der Waals surface area contributed by atoms with Crippen LogP contribution in [0.15, 0.2) is 97.1 Å². The zero-order valence-electron chi connectivity index (χ0n) is 31.1. The van der Waals surface area contributed by atoms with Crippen LogP contribution in [-0.2, 0) is 32.2 Å². The molecular formula is C42H44F3N5O7. The topological polar surface area (TPSA) is 138 Å². The van der Waals surface area contributed by atoms with E-state index >= 15 is 0 Å². The second-order valence-electron chi connectivity index (χ2n) is 14.6. The second kappa shape index (κ2) is 17.4. The minimum atomic E-state index is -5.04. The maximum absolute atomic E-state index is 13.1. The number of halogens is 3. The van der Waals surface area contributed by atoms with Crippen LogP contribution in [0.2, 0.25) is 0 Å². The van der Waals surface area contributed by atoms with Crippen molar-refractivity contribution in [3.05, 3.63) is 129 Å². The number of aliphatic hydroxyl groups excluding tert-OH is 1. The van der Waals surface area contributed by atoms with Crippen LogP contribution in [0.25, 0.3) is 11.1 Å². The maximum atomic E-state index is 13.1. The number of carbonyl (C=O) groups is 2. The van der Waals surface area contributed by atoms with Gasteiger partial charge >= 0.3 is 12.1 Å². The lowest BCUT2D eigenvalue weighted by atomic mass is 9.98. The lowest BCUT2D eigenvalue weighted by Crippen LogP contribution is -2.50. The summed E-state index contributed by atoms with van der Waals surface area (Å²) in [4.78, 5) is 40.7. The van der Waals surface area contributed by atoms with Crippen LogP contribution in [0.5, 0.6) is 0 Å². The molecule has 300 valence electrons. The van der Waals surface area contributed by atoms with Crippen molar-refractivity contribution in [2.45, 2.75) is 63.1 Å². The molecule has 3 aliphatic heterocycles. The van der Waals surface area contributed by atoms with E-state index in [9.17, 15) is 38.0 Å². The summed E-state index contributed by atoms with van der Waals surface area (Å²) in [5.41, 5.74) is 6.07. The monoisotopic (exact) mass is 787 g/mol. The second-order valence-corrected chi connectivity index (χ2v) is 14.6. The van der Waals surface area contributed by atoms with Crippen molar-refractivity contribution in [1.82, 2.24) is 15.1 Å². The molecular weight excluding hydrogens is 743 g/mol. The molecule has 0 bridgehead atoms. The molecule has 4 atom stereocenters. The number of nitrogens with zero attached hydrogens (tertiary/aromatic N) is 4. The van der Waals surface area contributed by atoms with Crippen LogP contribution < -0.4 is 10.2 Å². The lowest BCUT2D eigenvalue weighted by Gasteiger charge is -2.41. The average Bonchev–Trinajstić information content (AvgIpc) is 3.73. The normalized spacial score (nSPS) is 21.7. The van der Waals surface area contributed by atoms with E-state index in [1.807, 2.05) is 72.8 Å². The molecule has 0 unspecified atom stereocenters. The number of likely N-dealkylation sites (tertiary alicyclic amines) is 1. The number of aliphatic hydroxyl groups is 1. The van der Waals surface area contributed by atoms with Gasteiger partial charge in [-0.25, -0.2) is 0 Å². The Morgan fingerprint density at radius 2 is 1.54 bits per heavy atom. The zero-order valence-corrected chi connectivity index (χ0v) is 31.1. The van der Waals surface area contributed by atoms with E-state index in [4.69, 9.17) is 9.47 Å². The number of benzene rings is 4. The highest BCUT2D eigenvalue weighted by atomic mass is 19.4. The fourth-order valence-electron chi connectivity index (χ4n) is 7.77. The number of hydrogen-bond acceptors (Lipinski definition) is 9. The first kappa shape index (κ1) is 39.9. The number of hydrogen-bond donors (Lipinski definition) is 2. The van der Waals surface area contributed by atoms with E-state index in [0.29, 0.717) is 24.3 Å².